The number of morpholine rings is 1. The van der Waals surface area contributed by atoms with E-state index >= 15 is 0 Å². The topological polar surface area (TPSA) is 60.9 Å². The maximum absolute atomic E-state index is 11.5. The van der Waals surface area contributed by atoms with Crippen molar-refractivity contribution in [3.63, 3.8) is 0 Å². The van der Waals surface area contributed by atoms with Crippen LogP contribution < -0.4 is 9.64 Å². The number of nitrogens with zero attached hydrogens (tertiary/aromatic N) is 2. The van der Waals surface area contributed by atoms with Gasteiger partial charge in [-0.25, -0.2) is 9.78 Å². The number of rotatable bonds is 5. The van der Waals surface area contributed by atoms with Crippen LogP contribution in [0.2, 0.25) is 0 Å². The molecular formula is C19H22N2O4. The van der Waals surface area contributed by atoms with Crippen molar-refractivity contribution in [1.29, 1.82) is 0 Å². The van der Waals surface area contributed by atoms with Crippen LogP contribution in [0.25, 0.3) is 0 Å². The number of ether oxygens (including phenoxy) is 3. The number of aromatic nitrogens is 1. The standard InChI is InChI=1S/C19H22N2O4/c1-23-16-5-3-4-14(10-16)11-17-13-21(8-9-25-17)18-7-6-15(12-20-18)19(22)24-2/h3-7,10,12,17H,8-9,11,13H2,1-2H3/t17-/m1/s1. The minimum Gasteiger partial charge on any atom is -0.497 e. The Morgan fingerprint density at radius 3 is 2.92 bits per heavy atom. The quantitative estimate of drug-likeness (QED) is 0.777. The summed E-state index contributed by atoms with van der Waals surface area (Å²) >= 11 is 0. The average molecular weight is 342 g/mol. The van der Waals surface area contributed by atoms with Gasteiger partial charge in [-0.1, -0.05) is 12.1 Å². The average Bonchev–Trinajstić information content (AvgIpc) is 2.68. The van der Waals surface area contributed by atoms with Crippen LogP contribution in [0, 0.1) is 0 Å². The van der Waals surface area contributed by atoms with E-state index in [2.05, 4.69) is 16.0 Å². The molecule has 0 unspecified atom stereocenters. The van der Waals surface area contributed by atoms with Gasteiger partial charge in [0, 0.05) is 25.7 Å². The molecule has 0 N–H and O–H groups in total. The summed E-state index contributed by atoms with van der Waals surface area (Å²) in [7, 11) is 3.03. The van der Waals surface area contributed by atoms with Gasteiger partial charge in [0.25, 0.3) is 0 Å². The first-order valence-corrected chi connectivity index (χ1v) is 8.23. The lowest BCUT2D eigenvalue weighted by Gasteiger charge is -2.34. The van der Waals surface area contributed by atoms with Gasteiger partial charge in [0.2, 0.25) is 0 Å². The summed E-state index contributed by atoms with van der Waals surface area (Å²) < 4.78 is 15.9. The van der Waals surface area contributed by atoms with Gasteiger partial charge < -0.3 is 19.1 Å². The highest BCUT2D eigenvalue weighted by Crippen LogP contribution is 2.20. The van der Waals surface area contributed by atoms with Crippen molar-refractivity contribution < 1.29 is 19.0 Å². The molecule has 2 aromatic rings. The van der Waals surface area contributed by atoms with Crippen molar-refractivity contribution in [2.24, 2.45) is 0 Å². The van der Waals surface area contributed by atoms with E-state index in [9.17, 15) is 4.79 Å². The molecule has 1 atom stereocenters. The van der Waals surface area contributed by atoms with Gasteiger partial charge >= 0.3 is 5.97 Å². The molecule has 1 aliphatic heterocycles. The normalized spacial score (nSPS) is 17.2. The number of benzene rings is 1. The first-order valence-electron chi connectivity index (χ1n) is 8.23. The molecule has 0 radical (unpaired) electrons. The highest BCUT2D eigenvalue weighted by Gasteiger charge is 2.22. The largest absolute Gasteiger partial charge is 0.497 e. The molecule has 0 aliphatic carbocycles. The van der Waals surface area contributed by atoms with E-state index in [1.807, 2.05) is 24.3 Å². The summed E-state index contributed by atoms with van der Waals surface area (Å²) in [5.74, 6) is 1.31. The van der Waals surface area contributed by atoms with Gasteiger partial charge in [0.1, 0.15) is 11.6 Å². The van der Waals surface area contributed by atoms with Gasteiger partial charge in [-0.15, -0.1) is 0 Å². The zero-order valence-corrected chi connectivity index (χ0v) is 14.5. The van der Waals surface area contributed by atoms with Crippen LogP contribution in [0.3, 0.4) is 0 Å². The lowest BCUT2D eigenvalue weighted by Crippen LogP contribution is -2.43. The van der Waals surface area contributed by atoms with Crippen molar-refractivity contribution in [2.75, 3.05) is 38.8 Å². The molecule has 1 aliphatic rings. The summed E-state index contributed by atoms with van der Waals surface area (Å²) in [6.45, 7) is 2.18. The number of anilines is 1. The van der Waals surface area contributed by atoms with Crippen LogP contribution in [0.5, 0.6) is 5.75 Å². The molecule has 1 aromatic heterocycles. The van der Waals surface area contributed by atoms with Gasteiger partial charge in [-0.2, -0.15) is 0 Å². The van der Waals surface area contributed by atoms with Crippen LogP contribution in [0.15, 0.2) is 42.6 Å². The number of methoxy groups -OCH3 is 2. The fourth-order valence-corrected chi connectivity index (χ4v) is 2.92. The zero-order valence-electron chi connectivity index (χ0n) is 14.5. The smallest absolute Gasteiger partial charge is 0.339 e. The second-order valence-electron chi connectivity index (χ2n) is 5.89. The van der Waals surface area contributed by atoms with Crippen LogP contribution in [0.1, 0.15) is 15.9 Å². The fourth-order valence-electron chi connectivity index (χ4n) is 2.92. The Hall–Kier alpha value is -2.60. The number of pyridine rings is 1. The van der Waals surface area contributed by atoms with E-state index in [1.54, 1.807) is 19.4 Å². The Balaban J connectivity index is 1.65. The van der Waals surface area contributed by atoms with E-state index in [1.165, 1.54) is 12.7 Å². The Morgan fingerprint density at radius 2 is 2.20 bits per heavy atom. The first-order chi connectivity index (χ1) is 12.2. The lowest BCUT2D eigenvalue weighted by molar-refractivity contribution is 0.0407. The van der Waals surface area contributed by atoms with E-state index in [-0.39, 0.29) is 12.1 Å². The Bertz CT molecular complexity index is 718. The van der Waals surface area contributed by atoms with Crippen molar-refractivity contribution in [3.05, 3.63) is 53.7 Å². The molecule has 0 bridgehead atoms. The van der Waals surface area contributed by atoms with E-state index in [4.69, 9.17) is 14.2 Å². The van der Waals surface area contributed by atoms with Crippen molar-refractivity contribution in [2.45, 2.75) is 12.5 Å². The van der Waals surface area contributed by atoms with Gasteiger partial charge in [-0.05, 0) is 29.8 Å². The number of carbonyl (C=O) groups is 1. The molecular weight excluding hydrogens is 320 g/mol. The molecule has 3 rings (SSSR count). The fraction of sp³-hybridized carbons (Fsp3) is 0.368. The lowest BCUT2D eigenvalue weighted by atomic mass is 10.1. The molecule has 6 nitrogen and oxygen atoms in total. The van der Waals surface area contributed by atoms with E-state index in [0.717, 1.165) is 31.1 Å². The zero-order chi connectivity index (χ0) is 17.6. The molecule has 0 spiro atoms. The van der Waals surface area contributed by atoms with Crippen LogP contribution >= 0.6 is 0 Å². The van der Waals surface area contributed by atoms with Crippen molar-refractivity contribution in [3.8, 4) is 5.75 Å². The number of hydrogen-bond acceptors (Lipinski definition) is 6. The molecule has 2 heterocycles. The summed E-state index contributed by atoms with van der Waals surface area (Å²) in [6, 6.07) is 11.6. The van der Waals surface area contributed by atoms with Gasteiger partial charge in [0.05, 0.1) is 32.5 Å². The number of carbonyl (C=O) groups excluding carboxylic acids is 1. The molecule has 0 amide bonds. The number of hydrogen-bond donors (Lipinski definition) is 0. The van der Waals surface area contributed by atoms with E-state index < -0.39 is 0 Å². The minimum atomic E-state index is -0.378. The predicted molar refractivity (Wildman–Crippen MR) is 94.2 cm³/mol. The number of esters is 1. The van der Waals surface area contributed by atoms with Gasteiger partial charge in [-0.3, -0.25) is 0 Å². The van der Waals surface area contributed by atoms with Crippen molar-refractivity contribution in [1.82, 2.24) is 4.98 Å². The molecule has 132 valence electrons. The SMILES string of the molecule is COC(=O)c1ccc(N2CCO[C@H](Cc3cccc(OC)c3)C2)nc1. The van der Waals surface area contributed by atoms with Crippen molar-refractivity contribution >= 4 is 11.8 Å². The third kappa shape index (κ3) is 4.28. The summed E-state index contributed by atoms with van der Waals surface area (Å²) in [5, 5.41) is 0. The molecule has 0 saturated carbocycles. The minimum absolute atomic E-state index is 0.0861. The maximum atomic E-state index is 11.5. The highest BCUT2D eigenvalue weighted by atomic mass is 16.5. The first kappa shape index (κ1) is 17.2. The Labute approximate surface area is 147 Å². The Morgan fingerprint density at radius 1 is 1.32 bits per heavy atom. The second-order valence-corrected chi connectivity index (χ2v) is 5.89. The van der Waals surface area contributed by atoms with Crippen LogP contribution in [0.4, 0.5) is 5.82 Å². The van der Waals surface area contributed by atoms with Crippen LogP contribution in [-0.4, -0.2) is 51.0 Å². The predicted octanol–water partition coefficient (Wildman–Crippen LogP) is 2.32. The van der Waals surface area contributed by atoms with Gasteiger partial charge in [0.15, 0.2) is 0 Å². The maximum Gasteiger partial charge on any atom is 0.339 e. The summed E-state index contributed by atoms with van der Waals surface area (Å²) in [4.78, 5) is 18.1. The monoisotopic (exact) mass is 342 g/mol. The molecule has 1 aromatic carbocycles. The summed E-state index contributed by atoms with van der Waals surface area (Å²) in [5.41, 5.74) is 1.63. The van der Waals surface area contributed by atoms with Crippen LogP contribution in [-0.2, 0) is 15.9 Å². The molecule has 6 heteroatoms. The second kappa shape index (κ2) is 7.98. The highest BCUT2D eigenvalue weighted by molar-refractivity contribution is 5.89. The Kier molecular flexibility index (Phi) is 5.50. The molecule has 25 heavy (non-hydrogen) atoms. The molecule has 1 fully saturated rings. The van der Waals surface area contributed by atoms with E-state index in [0.29, 0.717) is 12.2 Å². The summed E-state index contributed by atoms with van der Waals surface area (Å²) in [6.07, 6.45) is 2.45. The third-order valence-electron chi connectivity index (χ3n) is 4.23. The molecule has 1 saturated heterocycles. The third-order valence-corrected chi connectivity index (χ3v) is 4.23.